The highest BCUT2D eigenvalue weighted by atomic mass is 32.1. The number of anilines is 6. The molecule has 0 saturated heterocycles. The Morgan fingerprint density at radius 3 is 1.65 bits per heavy atom. The van der Waals surface area contributed by atoms with E-state index in [1.165, 1.54) is 159 Å². The van der Waals surface area contributed by atoms with E-state index >= 15 is 0 Å². The fourth-order valence-electron chi connectivity index (χ4n) is 15.9. The Hall–Kier alpha value is -6.88. The first-order valence-corrected chi connectivity index (χ1v) is 30.0. The van der Waals surface area contributed by atoms with Crippen molar-refractivity contribution in [1.29, 1.82) is 0 Å². The van der Waals surface area contributed by atoms with Crippen LogP contribution in [0.15, 0.2) is 176 Å². The van der Waals surface area contributed by atoms with E-state index in [-0.39, 0.29) is 23.0 Å². The molecule has 4 fully saturated rings. The molecule has 0 unspecified atom stereocenters. The zero-order chi connectivity index (χ0) is 53.2. The van der Waals surface area contributed by atoms with Gasteiger partial charge in [0, 0.05) is 43.0 Å². The van der Waals surface area contributed by atoms with E-state index in [0.29, 0.717) is 5.41 Å². The monoisotopic (exact) mass is 1030 g/mol. The highest BCUT2D eigenvalue weighted by Crippen LogP contribution is 2.61. The summed E-state index contributed by atoms with van der Waals surface area (Å²) in [6.07, 6.45) is 8.50. The number of thiophene rings is 1. The molecule has 0 N–H and O–H groups in total. The summed E-state index contributed by atoms with van der Waals surface area (Å²) in [5.74, 6) is 2.71. The van der Waals surface area contributed by atoms with Crippen LogP contribution >= 0.6 is 11.3 Å². The van der Waals surface area contributed by atoms with Crippen molar-refractivity contribution in [2.75, 3.05) is 9.80 Å². The molecule has 0 radical (unpaired) electrons. The van der Waals surface area contributed by atoms with Crippen LogP contribution < -0.4 is 25.5 Å². The number of nitrogens with zero attached hydrogens (tertiary/aromatic N) is 2. The van der Waals surface area contributed by atoms with Crippen LogP contribution in [0.4, 0.5) is 34.1 Å². The van der Waals surface area contributed by atoms with Crippen LogP contribution in [0.2, 0.25) is 0 Å². The van der Waals surface area contributed by atoms with Crippen LogP contribution in [-0.4, -0.2) is 6.71 Å². The highest BCUT2D eigenvalue weighted by molar-refractivity contribution is 7.33. The SMILES string of the molecule is CC(C)(C)c1ccc2c(c1)N(c1cccc3c(-c4ccccc4)c4cccc(-c5ccccc5)c4cc13)c1cc(C(C)(C)C)cc3c1B2c1sc2ccc(C(C)(C)C)cc2c1N3c1ccc(C23CC4CC(CC(C4)C2)C3)cc1. The number of hydrogen-bond donors (Lipinski definition) is 0. The summed E-state index contributed by atoms with van der Waals surface area (Å²) in [4.78, 5) is 5.45. The smallest absolute Gasteiger partial charge is 0.264 e. The van der Waals surface area contributed by atoms with Crippen molar-refractivity contribution in [3.63, 3.8) is 0 Å². The number of hydrogen-bond acceptors (Lipinski definition) is 3. The molecule has 10 aromatic rings. The van der Waals surface area contributed by atoms with Crippen LogP contribution in [0.25, 0.3) is 53.9 Å². The van der Waals surface area contributed by atoms with Crippen molar-refractivity contribution in [3.8, 4) is 22.3 Å². The Kier molecular flexibility index (Phi) is 10.6. The lowest BCUT2D eigenvalue weighted by Crippen LogP contribution is -2.60. The van der Waals surface area contributed by atoms with Gasteiger partial charge in [0.05, 0.1) is 11.4 Å². The molecule has 2 nitrogen and oxygen atoms in total. The summed E-state index contributed by atoms with van der Waals surface area (Å²) >= 11 is 2.02. The van der Waals surface area contributed by atoms with Crippen LogP contribution in [-0.2, 0) is 21.7 Å². The van der Waals surface area contributed by atoms with Gasteiger partial charge in [-0.3, -0.25) is 0 Å². The van der Waals surface area contributed by atoms with Gasteiger partial charge in [0.1, 0.15) is 0 Å². The molecule has 16 rings (SSSR count). The molecule has 4 aliphatic carbocycles. The maximum atomic E-state index is 2.73. The molecule has 0 amide bonds. The highest BCUT2D eigenvalue weighted by Gasteiger charge is 2.52. The molecule has 4 saturated carbocycles. The molecule has 0 atom stereocenters. The Balaban J connectivity index is 1.04. The fraction of sp³-hybridized carbons (Fsp3) is 0.297. The predicted octanol–water partition coefficient (Wildman–Crippen LogP) is 19.0. The quantitative estimate of drug-likeness (QED) is 0.125. The molecule has 6 aliphatic rings. The second-order valence-electron chi connectivity index (χ2n) is 27.6. The molecule has 2 aliphatic heterocycles. The average Bonchev–Trinajstić information content (AvgIpc) is 3.81. The second-order valence-corrected chi connectivity index (χ2v) is 28.7. The van der Waals surface area contributed by atoms with Crippen molar-refractivity contribution in [2.24, 2.45) is 17.8 Å². The van der Waals surface area contributed by atoms with E-state index in [1.54, 1.807) is 5.56 Å². The van der Waals surface area contributed by atoms with Gasteiger partial charge in [0.2, 0.25) is 0 Å². The average molecular weight is 1030 g/mol. The van der Waals surface area contributed by atoms with Gasteiger partial charge >= 0.3 is 0 Å². The van der Waals surface area contributed by atoms with E-state index in [0.717, 1.165) is 17.8 Å². The molecule has 4 heteroatoms. The summed E-state index contributed by atoms with van der Waals surface area (Å²) in [6.45, 7) is 21.5. The lowest BCUT2D eigenvalue weighted by Gasteiger charge is -2.57. The molecule has 78 heavy (non-hydrogen) atoms. The summed E-state index contributed by atoms with van der Waals surface area (Å²) in [5, 5.41) is 6.40. The van der Waals surface area contributed by atoms with Crippen molar-refractivity contribution in [2.45, 2.75) is 122 Å². The lowest BCUT2D eigenvalue weighted by atomic mass is 9.36. The van der Waals surface area contributed by atoms with Crippen LogP contribution in [0, 0.1) is 17.8 Å². The summed E-state index contributed by atoms with van der Waals surface area (Å²) < 4.78 is 2.79. The topological polar surface area (TPSA) is 6.48 Å². The zero-order valence-corrected chi connectivity index (χ0v) is 47.9. The van der Waals surface area contributed by atoms with Gasteiger partial charge in [0.25, 0.3) is 6.71 Å². The van der Waals surface area contributed by atoms with E-state index in [4.69, 9.17) is 0 Å². The first-order valence-electron chi connectivity index (χ1n) is 29.2. The number of benzene rings is 9. The summed E-state index contributed by atoms with van der Waals surface area (Å²) in [6, 6.07) is 69.0. The Morgan fingerprint density at radius 1 is 0.449 bits per heavy atom. The Morgan fingerprint density at radius 2 is 1.01 bits per heavy atom. The van der Waals surface area contributed by atoms with Gasteiger partial charge in [-0.25, -0.2) is 0 Å². The third-order valence-corrected chi connectivity index (χ3v) is 20.7. The van der Waals surface area contributed by atoms with Crippen molar-refractivity contribution < 1.29 is 0 Å². The van der Waals surface area contributed by atoms with E-state index in [1.807, 2.05) is 11.3 Å². The van der Waals surface area contributed by atoms with Crippen molar-refractivity contribution in [1.82, 2.24) is 0 Å². The van der Waals surface area contributed by atoms with Gasteiger partial charge in [-0.05, 0) is 204 Å². The molecule has 9 aromatic carbocycles. The molecular weight excluding hydrogens is 960 g/mol. The normalized spacial score (nSPS) is 20.4. The first kappa shape index (κ1) is 48.3. The van der Waals surface area contributed by atoms with Crippen molar-refractivity contribution in [3.05, 3.63) is 198 Å². The van der Waals surface area contributed by atoms with Crippen LogP contribution in [0.1, 0.15) is 123 Å². The molecule has 3 heterocycles. The molecule has 4 bridgehead atoms. The predicted molar refractivity (Wildman–Crippen MR) is 338 cm³/mol. The first-order chi connectivity index (χ1) is 37.5. The molecular formula is C74H71BN2S. The fourth-order valence-corrected chi connectivity index (χ4v) is 17.2. The Bertz CT molecular complexity index is 4030. The lowest BCUT2D eigenvalue weighted by molar-refractivity contribution is -0.00518. The minimum atomic E-state index is -0.148. The van der Waals surface area contributed by atoms with E-state index in [2.05, 4.69) is 248 Å². The minimum Gasteiger partial charge on any atom is -0.311 e. The number of fused-ring (bicyclic) bond motifs is 8. The van der Waals surface area contributed by atoms with Gasteiger partial charge in [-0.1, -0.05) is 184 Å². The van der Waals surface area contributed by atoms with Crippen LogP contribution in [0.5, 0.6) is 0 Å². The second kappa shape index (κ2) is 17.1. The van der Waals surface area contributed by atoms with Crippen LogP contribution in [0.3, 0.4) is 0 Å². The third kappa shape index (κ3) is 7.41. The molecule has 386 valence electrons. The summed E-state index contributed by atoms with van der Waals surface area (Å²) in [7, 11) is 0. The largest absolute Gasteiger partial charge is 0.311 e. The summed E-state index contributed by atoms with van der Waals surface area (Å²) in [5.41, 5.74) is 21.2. The Labute approximate surface area is 467 Å². The van der Waals surface area contributed by atoms with E-state index in [9.17, 15) is 0 Å². The van der Waals surface area contributed by atoms with E-state index < -0.39 is 0 Å². The van der Waals surface area contributed by atoms with Gasteiger partial charge in [-0.15, -0.1) is 11.3 Å². The minimum absolute atomic E-state index is 0.000186. The molecule has 1 aromatic heterocycles. The maximum absolute atomic E-state index is 2.73. The van der Waals surface area contributed by atoms with Gasteiger partial charge in [0.15, 0.2) is 0 Å². The number of rotatable bonds is 5. The zero-order valence-electron chi connectivity index (χ0n) is 47.1. The molecule has 0 spiro atoms. The van der Waals surface area contributed by atoms with Gasteiger partial charge in [-0.2, -0.15) is 0 Å². The van der Waals surface area contributed by atoms with Crippen molar-refractivity contribution >= 4 is 99.5 Å². The standard InChI is InChI=1S/C74H71BN2S/c1-71(2,3)51-29-33-66-60(37-51)69-70(78-66)75-61-32-28-52(72(4,5)6)38-63(61)77(62-25-17-24-57-59(62)41-58-55(48-18-12-10-13-19-48)22-16-23-56(58)67(57)49-20-14-11-15-21-49)65-40-53(73(7,8)9)39-64(68(65)75)76(69)54-30-26-50(27-31-54)74-42-45-34-46(43-74)36-47(35-45)44-74/h10-33,37-41,45-47H,34-36,42-44H2,1-9H3. The maximum Gasteiger partial charge on any atom is 0.264 e. The van der Waals surface area contributed by atoms with Gasteiger partial charge < -0.3 is 9.80 Å². The third-order valence-electron chi connectivity index (χ3n) is 19.4.